The van der Waals surface area contributed by atoms with Crippen molar-refractivity contribution < 1.29 is 14.1 Å². The Hall–Kier alpha value is -1.40. The lowest BCUT2D eigenvalue weighted by Gasteiger charge is -2.04. The topological polar surface area (TPSA) is 66.7 Å². The minimum Gasteiger partial charge on any atom is -0.477 e. The summed E-state index contributed by atoms with van der Waals surface area (Å²) >= 11 is 1.23. The van der Waals surface area contributed by atoms with Gasteiger partial charge in [0.05, 0.1) is 15.8 Å². The van der Waals surface area contributed by atoms with Crippen molar-refractivity contribution in [3.8, 4) is 0 Å². The molecular weight excluding hydrogens is 282 g/mol. The largest absolute Gasteiger partial charge is 0.477 e. The summed E-state index contributed by atoms with van der Waals surface area (Å²) in [6.07, 6.45) is 3.69. The molecule has 0 aliphatic heterocycles. The van der Waals surface area contributed by atoms with Gasteiger partial charge in [-0.1, -0.05) is 0 Å². The zero-order valence-corrected chi connectivity index (χ0v) is 12.0. The number of aromatic carboxylic acids is 1. The molecule has 1 aliphatic carbocycles. The summed E-state index contributed by atoms with van der Waals surface area (Å²) in [6.45, 7) is 0. The van der Waals surface area contributed by atoms with Gasteiger partial charge in [-0.2, -0.15) is 0 Å². The maximum absolute atomic E-state index is 12.5. The number of benzene rings is 1. The summed E-state index contributed by atoms with van der Waals surface area (Å²) in [5.74, 6) is -0.928. The highest BCUT2D eigenvalue weighted by molar-refractivity contribution is 7.93. The Morgan fingerprint density at radius 1 is 1.42 bits per heavy atom. The van der Waals surface area contributed by atoms with Gasteiger partial charge in [0, 0.05) is 15.9 Å². The lowest BCUT2D eigenvalue weighted by molar-refractivity contribution is 0.0702. The Labute approximate surface area is 115 Å². The van der Waals surface area contributed by atoms with Crippen molar-refractivity contribution in [1.29, 1.82) is 0 Å². The number of carbonyl (C=O) groups is 1. The van der Waals surface area contributed by atoms with Crippen molar-refractivity contribution in [2.75, 3.05) is 6.26 Å². The molecule has 1 aromatic heterocycles. The molecule has 1 aliphatic rings. The summed E-state index contributed by atoms with van der Waals surface area (Å²) in [4.78, 5) is 11.9. The van der Waals surface area contributed by atoms with Crippen LogP contribution in [0, 0.1) is 0 Å². The van der Waals surface area contributed by atoms with E-state index in [0.717, 1.165) is 22.9 Å². The number of thiophene rings is 1. The molecule has 3 rings (SSSR count). The summed E-state index contributed by atoms with van der Waals surface area (Å²) in [7, 11) is -2.37. The van der Waals surface area contributed by atoms with E-state index in [1.54, 1.807) is 24.5 Å². The first-order valence-electron chi connectivity index (χ1n) is 5.94. The predicted molar refractivity (Wildman–Crippen MR) is 76.6 cm³/mol. The van der Waals surface area contributed by atoms with E-state index in [2.05, 4.69) is 4.36 Å². The van der Waals surface area contributed by atoms with E-state index in [4.69, 9.17) is 5.11 Å². The van der Waals surface area contributed by atoms with E-state index < -0.39 is 15.7 Å². The van der Waals surface area contributed by atoms with Crippen molar-refractivity contribution in [2.45, 2.75) is 23.8 Å². The zero-order chi connectivity index (χ0) is 13.6. The van der Waals surface area contributed by atoms with Crippen molar-refractivity contribution in [3.63, 3.8) is 0 Å². The number of nitrogens with zero attached hydrogens (tertiary/aromatic N) is 1. The van der Waals surface area contributed by atoms with Gasteiger partial charge in [-0.3, -0.25) is 0 Å². The third-order valence-electron chi connectivity index (χ3n) is 3.03. The standard InChI is InChI=1S/C13H13NO3S2/c1-19(17,14-9-2-3-9)10-4-5-11-8(6-10)7-12(18-11)13(15)16/h4-7,9H,2-3H2,1H3,(H,15,16). The Balaban J connectivity index is 2.11. The van der Waals surface area contributed by atoms with Gasteiger partial charge in [0.25, 0.3) is 0 Å². The van der Waals surface area contributed by atoms with Crippen LogP contribution < -0.4 is 0 Å². The third kappa shape index (κ3) is 2.50. The van der Waals surface area contributed by atoms with Crippen LogP contribution in [0.3, 0.4) is 0 Å². The van der Waals surface area contributed by atoms with Crippen LogP contribution in [-0.2, 0) is 9.73 Å². The van der Waals surface area contributed by atoms with Crippen molar-refractivity contribution in [3.05, 3.63) is 29.1 Å². The summed E-state index contributed by atoms with van der Waals surface area (Å²) < 4.78 is 17.8. The van der Waals surface area contributed by atoms with Crippen LogP contribution in [0.15, 0.2) is 33.5 Å². The third-order valence-corrected chi connectivity index (χ3v) is 5.97. The normalized spacial score (nSPS) is 18.2. The second-order valence-corrected chi connectivity index (χ2v) is 8.13. The number of rotatable bonds is 3. The van der Waals surface area contributed by atoms with Crippen LogP contribution in [0.2, 0.25) is 0 Å². The van der Waals surface area contributed by atoms with Gasteiger partial charge in [-0.05, 0) is 42.5 Å². The second kappa shape index (κ2) is 4.31. The summed E-state index contributed by atoms with van der Waals surface area (Å²) in [5, 5.41) is 9.80. The van der Waals surface area contributed by atoms with Crippen molar-refractivity contribution in [1.82, 2.24) is 0 Å². The van der Waals surface area contributed by atoms with Gasteiger partial charge >= 0.3 is 5.97 Å². The number of fused-ring (bicyclic) bond motifs is 1. The molecule has 2 aromatic rings. The van der Waals surface area contributed by atoms with Crippen LogP contribution in [-0.4, -0.2) is 27.6 Å². The van der Waals surface area contributed by atoms with E-state index >= 15 is 0 Å². The smallest absolute Gasteiger partial charge is 0.345 e. The van der Waals surface area contributed by atoms with Gasteiger partial charge in [0.1, 0.15) is 4.88 Å². The molecule has 0 radical (unpaired) electrons. The molecule has 0 bridgehead atoms. The molecule has 1 atom stereocenters. The summed E-state index contributed by atoms with van der Waals surface area (Å²) in [6, 6.07) is 7.28. The molecule has 100 valence electrons. The fraction of sp³-hybridized carbons (Fsp3) is 0.308. The van der Waals surface area contributed by atoms with Crippen LogP contribution in [0.1, 0.15) is 22.5 Å². The van der Waals surface area contributed by atoms with Crippen molar-refractivity contribution in [2.24, 2.45) is 4.36 Å². The quantitative estimate of drug-likeness (QED) is 0.945. The fourth-order valence-electron chi connectivity index (χ4n) is 1.89. The molecule has 1 heterocycles. The average molecular weight is 295 g/mol. The van der Waals surface area contributed by atoms with E-state index in [-0.39, 0.29) is 6.04 Å². The Kier molecular flexibility index (Phi) is 2.87. The molecule has 1 aromatic carbocycles. The lowest BCUT2D eigenvalue weighted by Crippen LogP contribution is -1.98. The second-order valence-electron chi connectivity index (χ2n) is 4.75. The first-order chi connectivity index (χ1) is 8.95. The first kappa shape index (κ1) is 12.6. The highest BCUT2D eigenvalue weighted by atomic mass is 32.2. The van der Waals surface area contributed by atoms with Gasteiger partial charge < -0.3 is 5.11 Å². The zero-order valence-electron chi connectivity index (χ0n) is 10.3. The van der Waals surface area contributed by atoms with Crippen LogP contribution in [0.5, 0.6) is 0 Å². The van der Waals surface area contributed by atoms with Crippen LogP contribution in [0.4, 0.5) is 0 Å². The average Bonchev–Trinajstić information content (AvgIpc) is 3.03. The van der Waals surface area contributed by atoms with Gasteiger partial charge in [0.2, 0.25) is 0 Å². The Bertz CT molecular complexity index is 780. The molecular formula is C13H13NO3S2. The van der Waals surface area contributed by atoms with Crippen LogP contribution in [0.25, 0.3) is 10.1 Å². The Morgan fingerprint density at radius 2 is 2.16 bits per heavy atom. The summed E-state index contributed by atoms with van der Waals surface area (Å²) in [5.41, 5.74) is 0. The minimum absolute atomic E-state index is 0.241. The maximum Gasteiger partial charge on any atom is 0.345 e. The maximum atomic E-state index is 12.5. The minimum atomic E-state index is -2.37. The van der Waals surface area contributed by atoms with Crippen molar-refractivity contribution >= 4 is 37.1 Å². The number of carboxylic acids is 1. The molecule has 1 unspecified atom stereocenters. The molecule has 0 spiro atoms. The molecule has 0 saturated heterocycles. The molecule has 1 saturated carbocycles. The number of hydrogen-bond acceptors (Lipinski definition) is 4. The van der Waals surface area contributed by atoms with E-state index in [0.29, 0.717) is 9.77 Å². The van der Waals surface area contributed by atoms with Crippen LogP contribution >= 0.6 is 11.3 Å². The monoisotopic (exact) mass is 295 g/mol. The molecule has 6 heteroatoms. The first-order valence-corrected chi connectivity index (χ1v) is 8.68. The Morgan fingerprint density at radius 3 is 2.79 bits per heavy atom. The van der Waals surface area contributed by atoms with E-state index in [1.807, 2.05) is 6.07 Å². The SMILES string of the molecule is CS(=O)(=NC1CC1)c1ccc2sc(C(=O)O)cc2c1. The van der Waals surface area contributed by atoms with E-state index in [9.17, 15) is 9.00 Å². The molecule has 19 heavy (non-hydrogen) atoms. The number of carboxylic acid groups (broad SMARTS) is 1. The fourth-order valence-corrected chi connectivity index (χ4v) is 4.34. The molecule has 4 nitrogen and oxygen atoms in total. The molecule has 1 fully saturated rings. The van der Waals surface area contributed by atoms with Gasteiger partial charge in [-0.15, -0.1) is 11.3 Å². The lowest BCUT2D eigenvalue weighted by atomic mass is 10.2. The van der Waals surface area contributed by atoms with Gasteiger partial charge in [0.15, 0.2) is 0 Å². The highest BCUT2D eigenvalue weighted by Crippen LogP contribution is 2.30. The van der Waals surface area contributed by atoms with E-state index in [1.165, 1.54) is 11.3 Å². The highest BCUT2D eigenvalue weighted by Gasteiger charge is 2.23. The number of hydrogen-bond donors (Lipinski definition) is 1. The predicted octanol–water partition coefficient (Wildman–Crippen LogP) is 3.22. The molecule has 0 amide bonds. The molecule has 1 N–H and O–H groups in total. The van der Waals surface area contributed by atoms with Gasteiger partial charge in [-0.25, -0.2) is 13.4 Å².